The fourth-order valence-corrected chi connectivity index (χ4v) is 1.30. The van der Waals surface area contributed by atoms with Crippen LogP contribution in [0, 0.1) is 6.92 Å². The van der Waals surface area contributed by atoms with E-state index in [4.69, 9.17) is 5.73 Å². The van der Waals surface area contributed by atoms with Crippen LogP contribution >= 0.6 is 0 Å². The molecule has 0 aromatic heterocycles. The van der Waals surface area contributed by atoms with Crippen molar-refractivity contribution in [2.24, 2.45) is 0 Å². The predicted octanol–water partition coefficient (Wildman–Crippen LogP) is -0.0313. The van der Waals surface area contributed by atoms with Crippen LogP contribution in [-0.2, 0) is 51.9 Å². The van der Waals surface area contributed by atoms with E-state index in [-0.39, 0.29) is 58.1 Å². The number of rotatable bonds is 7. The Morgan fingerprint density at radius 3 is 1.64 bits per heavy atom. The number of ketones is 1. The first kappa shape index (κ1) is 25.6. The third-order valence-corrected chi connectivity index (χ3v) is 2.53. The summed E-state index contributed by atoms with van der Waals surface area (Å²) in [6.07, 6.45) is 0. The number of hydrogen-bond acceptors (Lipinski definition) is 4. The summed E-state index contributed by atoms with van der Waals surface area (Å²) in [5.41, 5.74) is 8.00. The quantitative estimate of drug-likeness (QED) is 0.568. The minimum Gasteiger partial charge on any atom is -0.670 e. The molecule has 8 nitrogen and oxygen atoms in total. The fraction of sp³-hybridized carbons (Fsp3) is 0.375. The van der Waals surface area contributed by atoms with Gasteiger partial charge in [-0.15, -0.1) is 0 Å². The topological polar surface area (TPSA) is 128 Å². The van der Waals surface area contributed by atoms with Crippen molar-refractivity contribution in [3.05, 3.63) is 41.6 Å². The zero-order valence-corrected chi connectivity index (χ0v) is 17.3. The van der Waals surface area contributed by atoms with E-state index in [1.165, 1.54) is 12.5 Å². The van der Waals surface area contributed by atoms with Gasteiger partial charge in [-0.25, -0.2) is 0 Å². The predicted molar refractivity (Wildman–Crippen MR) is 90.1 cm³/mol. The third-order valence-electron chi connectivity index (χ3n) is 2.53. The van der Waals surface area contributed by atoms with Gasteiger partial charge in [0.1, 0.15) is 5.78 Å². The number of carbonyl (C=O) groups is 4. The normalized spacial score (nSPS) is 8.76. The average Bonchev–Trinajstić information content (AvgIpc) is 2.57. The van der Waals surface area contributed by atoms with Crippen LogP contribution in [-0.4, -0.2) is 49.7 Å². The summed E-state index contributed by atoms with van der Waals surface area (Å²) in [5.74, 6) is -1.78. The summed E-state index contributed by atoms with van der Waals surface area (Å²) < 4.78 is 0. The van der Waals surface area contributed by atoms with Crippen molar-refractivity contribution in [1.29, 1.82) is 0 Å². The van der Waals surface area contributed by atoms with Crippen LogP contribution in [0.3, 0.4) is 0 Å². The molecule has 3 amide bonds. The molecule has 0 spiro atoms. The molecule has 0 fully saturated rings. The Kier molecular flexibility index (Phi) is 16.2. The van der Waals surface area contributed by atoms with E-state index < -0.39 is 24.3 Å². The molecule has 4 N–H and O–H groups in total. The van der Waals surface area contributed by atoms with Crippen LogP contribution in [0.15, 0.2) is 30.3 Å². The number of amides is 3. The molecule has 0 atom stereocenters. The monoisotopic (exact) mass is 424 g/mol. The third kappa shape index (κ3) is 17.0. The average molecular weight is 424 g/mol. The zero-order valence-electron chi connectivity index (χ0n) is 14.4. The van der Waals surface area contributed by atoms with Crippen molar-refractivity contribution in [3.63, 3.8) is 0 Å². The van der Waals surface area contributed by atoms with Gasteiger partial charge < -0.3 is 21.7 Å². The van der Waals surface area contributed by atoms with Gasteiger partial charge in [-0.05, 0) is 13.8 Å². The maximum Gasteiger partial charge on any atom is 0.239 e. The molecule has 25 heavy (non-hydrogen) atoms. The van der Waals surface area contributed by atoms with Gasteiger partial charge in [0.25, 0.3) is 0 Å². The molecule has 0 unspecified atom stereocenters. The molecule has 0 aliphatic rings. The molecule has 0 saturated carbocycles. The van der Waals surface area contributed by atoms with Crippen molar-refractivity contribution >= 4 is 23.5 Å². The zero-order chi connectivity index (χ0) is 18.4. The summed E-state index contributed by atoms with van der Waals surface area (Å²) in [6.45, 7) is 2.34. The molecule has 0 heterocycles. The van der Waals surface area contributed by atoms with Crippen molar-refractivity contribution in [1.82, 2.24) is 16.0 Å². The molecular formula is C16H23N4O4Y-. The Morgan fingerprint density at radius 1 is 0.840 bits per heavy atom. The minimum absolute atomic E-state index is 0. The van der Waals surface area contributed by atoms with Gasteiger partial charge in [0.2, 0.25) is 11.8 Å². The Bertz CT molecular complexity index is 552. The van der Waals surface area contributed by atoms with Crippen molar-refractivity contribution in [3.8, 4) is 0 Å². The molecule has 9 heteroatoms. The number of nitrogens with one attached hydrogen (secondary N) is 4. The van der Waals surface area contributed by atoms with E-state index in [1.54, 1.807) is 0 Å². The molecule has 0 bridgehead atoms. The van der Waals surface area contributed by atoms with Gasteiger partial charge in [0.15, 0.2) is 5.91 Å². The SMILES string of the molecule is CC(=O)CNC(=O)CNC(=O)CNC(=O)C[NH-].Cc1ccccc1.[Y]. The van der Waals surface area contributed by atoms with Crippen molar-refractivity contribution in [2.45, 2.75) is 13.8 Å². The molecule has 0 aliphatic heterocycles. The van der Waals surface area contributed by atoms with Crippen molar-refractivity contribution < 1.29 is 51.9 Å². The first-order valence-electron chi connectivity index (χ1n) is 7.31. The first-order chi connectivity index (χ1) is 11.3. The van der Waals surface area contributed by atoms with Crippen LogP contribution in [0.5, 0.6) is 0 Å². The number of benzene rings is 1. The van der Waals surface area contributed by atoms with E-state index in [9.17, 15) is 19.2 Å². The Hall–Kier alpha value is -1.64. The summed E-state index contributed by atoms with van der Waals surface area (Å²) in [7, 11) is 0. The molecule has 1 aromatic carbocycles. The fourth-order valence-electron chi connectivity index (χ4n) is 1.30. The summed E-state index contributed by atoms with van der Waals surface area (Å²) in [5, 5.41) is 6.72. The Balaban J connectivity index is 0. The van der Waals surface area contributed by atoms with Crippen LogP contribution in [0.25, 0.3) is 5.73 Å². The standard InChI is InChI=1S/C9H15N4O4.C7H8.Y/c1-6(14)3-11-8(16)5-13-9(17)4-12-7(15)2-10;1-7-5-3-2-4-6-7;/h10H,2-5H2,1H3,(H,11,16)(H,12,15)(H,13,17);2-6H,1H3;/q-1;;. The van der Waals surface area contributed by atoms with Gasteiger partial charge in [0.05, 0.1) is 19.6 Å². The smallest absolute Gasteiger partial charge is 0.239 e. The summed E-state index contributed by atoms with van der Waals surface area (Å²) in [4.78, 5) is 43.3. The minimum atomic E-state index is -0.568. The van der Waals surface area contributed by atoms with Crippen LogP contribution < -0.4 is 16.0 Å². The largest absolute Gasteiger partial charge is 0.670 e. The molecule has 1 aromatic rings. The molecule has 0 saturated heterocycles. The molecule has 1 rings (SSSR count). The Labute approximate surface area is 172 Å². The van der Waals surface area contributed by atoms with E-state index in [2.05, 4.69) is 35.0 Å². The number of Topliss-reactive ketones (excluding diaryl/α,β-unsaturated/α-hetero) is 1. The molecule has 0 aliphatic carbocycles. The van der Waals surface area contributed by atoms with E-state index in [1.807, 2.05) is 18.2 Å². The van der Waals surface area contributed by atoms with E-state index in [0.29, 0.717) is 0 Å². The first-order valence-corrected chi connectivity index (χ1v) is 7.31. The maximum atomic E-state index is 11.1. The second kappa shape index (κ2) is 15.9. The van der Waals surface area contributed by atoms with Gasteiger partial charge >= 0.3 is 0 Å². The van der Waals surface area contributed by atoms with Gasteiger partial charge in [-0.1, -0.05) is 42.4 Å². The van der Waals surface area contributed by atoms with Gasteiger partial charge in [-0.2, -0.15) is 0 Å². The second-order valence-corrected chi connectivity index (χ2v) is 4.86. The van der Waals surface area contributed by atoms with Crippen LogP contribution in [0.2, 0.25) is 0 Å². The molecule has 1 radical (unpaired) electrons. The summed E-state index contributed by atoms with van der Waals surface area (Å²) >= 11 is 0. The van der Waals surface area contributed by atoms with E-state index >= 15 is 0 Å². The van der Waals surface area contributed by atoms with Crippen LogP contribution in [0.4, 0.5) is 0 Å². The van der Waals surface area contributed by atoms with E-state index in [0.717, 1.165) is 0 Å². The molecule has 135 valence electrons. The maximum absolute atomic E-state index is 11.1. The summed E-state index contributed by atoms with van der Waals surface area (Å²) in [6, 6.07) is 10.3. The number of hydrogen-bond donors (Lipinski definition) is 3. The Morgan fingerprint density at radius 2 is 1.28 bits per heavy atom. The molecular weight excluding hydrogens is 401 g/mol. The van der Waals surface area contributed by atoms with Crippen LogP contribution in [0.1, 0.15) is 12.5 Å². The second-order valence-electron chi connectivity index (χ2n) is 4.86. The van der Waals surface area contributed by atoms with Gasteiger partial charge in [-0.3, -0.25) is 19.2 Å². The van der Waals surface area contributed by atoms with Gasteiger partial charge in [0, 0.05) is 32.7 Å². The number of carbonyl (C=O) groups excluding carboxylic acids is 4. The van der Waals surface area contributed by atoms with Crippen molar-refractivity contribution in [2.75, 3.05) is 26.2 Å². The number of aryl methyl sites for hydroxylation is 1.